The first-order valence-corrected chi connectivity index (χ1v) is 7.74. The molecule has 112 valence electrons. The molecule has 2 aromatic rings. The topological polar surface area (TPSA) is 58.2 Å². The van der Waals surface area contributed by atoms with Gasteiger partial charge in [0.15, 0.2) is 0 Å². The van der Waals surface area contributed by atoms with Gasteiger partial charge >= 0.3 is 0 Å². The van der Waals surface area contributed by atoms with E-state index in [1.54, 1.807) is 18.2 Å². The number of rotatable bonds is 4. The van der Waals surface area contributed by atoms with Crippen LogP contribution in [0.4, 0.5) is 11.4 Å². The van der Waals surface area contributed by atoms with Crippen LogP contribution < -0.4 is 10.6 Å². The Balaban J connectivity index is 1.98. The monoisotopic (exact) mass is 406 g/mol. The molecule has 22 heavy (non-hydrogen) atoms. The SMILES string of the molecule is CC(=O)Nc1ccc(C=CC(=O)Nc2ccccc2I)cc1. The van der Waals surface area contributed by atoms with Crippen molar-refractivity contribution < 1.29 is 9.59 Å². The highest BCUT2D eigenvalue weighted by Crippen LogP contribution is 2.17. The molecule has 0 radical (unpaired) electrons. The van der Waals surface area contributed by atoms with Gasteiger partial charge in [-0.25, -0.2) is 0 Å². The summed E-state index contributed by atoms with van der Waals surface area (Å²) in [5.41, 5.74) is 2.40. The standard InChI is InChI=1S/C17H15IN2O2/c1-12(21)19-14-9-6-13(7-10-14)8-11-17(22)20-16-5-3-2-4-15(16)18/h2-11H,1H3,(H,19,21)(H,20,22). The molecule has 0 fully saturated rings. The van der Waals surface area contributed by atoms with E-state index in [1.807, 2.05) is 36.4 Å². The van der Waals surface area contributed by atoms with Crippen LogP contribution in [0.1, 0.15) is 12.5 Å². The maximum atomic E-state index is 11.9. The van der Waals surface area contributed by atoms with Gasteiger partial charge < -0.3 is 10.6 Å². The molecular weight excluding hydrogens is 391 g/mol. The fourth-order valence-corrected chi connectivity index (χ4v) is 2.31. The summed E-state index contributed by atoms with van der Waals surface area (Å²) in [7, 11) is 0. The molecule has 2 aromatic carbocycles. The van der Waals surface area contributed by atoms with Crippen molar-refractivity contribution in [2.24, 2.45) is 0 Å². The Hall–Kier alpha value is -2.15. The van der Waals surface area contributed by atoms with E-state index in [0.29, 0.717) is 0 Å². The predicted molar refractivity (Wildman–Crippen MR) is 97.6 cm³/mol. The van der Waals surface area contributed by atoms with Crippen molar-refractivity contribution in [2.75, 3.05) is 10.6 Å². The van der Waals surface area contributed by atoms with E-state index in [0.717, 1.165) is 20.5 Å². The molecule has 0 bridgehead atoms. The summed E-state index contributed by atoms with van der Waals surface area (Å²) in [6.45, 7) is 1.46. The normalized spacial score (nSPS) is 10.5. The number of amides is 2. The lowest BCUT2D eigenvalue weighted by Gasteiger charge is -2.04. The van der Waals surface area contributed by atoms with Crippen molar-refractivity contribution in [3.8, 4) is 0 Å². The van der Waals surface area contributed by atoms with Gasteiger partial charge in [0.1, 0.15) is 0 Å². The third kappa shape index (κ3) is 5.00. The van der Waals surface area contributed by atoms with Crippen LogP contribution in [0, 0.1) is 3.57 Å². The minimum absolute atomic E-state index is 0.111. The van der Waals surface area contributed by atoms with Gasteiger partial charge in [0.2, 0.25) is 11.8 Å². The van der Waals surface area contributed by atoms with E-state index < -0.39 is 0 Å². The van der Waals surface area contributed by atoms with Crippen molar-refractivity contribution in [1.82, 2.24) is 0 Å². The van der Waals surface area contributed by atoms with Gasteiger partial charge in [0.05, 0.1) is 5.69 Å². The van der Waals surface area contributed by atoms with Crippen LogP contribution in [-0.2, 0) is 9.59 Å². The number of benzene rings is 2. The fraction of sp³-hybridized carbons (Fsp3) is 0.0588. The third-order valence-corrected chi connectivity index (χ3v) is 3.73. The van der Waals surface area contributed by atoms with Crippen molar-refractivity contribution in [2.45, 2.75) is 6.92 Å². The number of carbonyl (C=O) groups excluding carboxylic acids is 2. The number of carbonyl (C=O) groups is 2. The Labute approximate surface area is 142 Å². The molecular formula is C17H15IN2O2. The third-order valence-electron chi connectivity index (χ3n) is 2.79. The lowest BCUT2D eigenvalue weighted by Crippen LogP contribution is -2.08. The Morgan fingerprint density at radius 2 is 1.68 bits per heavy atom. The van der Waals surface area contributed by atoms with Gasteiger partial charge in [0.25, 0.3) is 0 Å². The van der Waals surface area contributed by atoms with Crippen LogP contribution in [0.5, 0.6) is 0 Å². The van der Waals surface area contributed by atoms with Crippen LogP contribution in [0.3, 0.4) is 0 Å². The average molecular weight is 406 g/mol. The zero-order valence-corrected chi connectivity index (χ0v) is 14.1. The lowest BCUT2D eigenvalue weighted by atomic mass is 10.2. The quantitative estimate of drug-likeness (QED) is 0.598. The van der Waals surface area contributed by atoms with Gasteiger partial charge in [-0.2, -0.15) is 0 Å². The maximum Gasteiger partial charge on any atom is 0.248 e. The highest BCUT2D eigenvalue weighted by Gasteiger charge is 2.01. The highest BCUT2D eigenvalue weighted by molar-refractivity contribution is 14.1. The van der Waals surface area contributed by atoms with Gasteiger partial charge in [-0.15, -0.1) is 0 Å². The zero-order chi connectivity index (χ0) is 15.9. The van der Waals surface area contributed by atoms with E-state index in [2.05, 4.69) is 33.2 Å². The molecule has 0 spiro atoms. The Kier molecular flexibility index (Phi) is 5.71. The number of nitrogens with one attached hydrogen (secondary N) is 2. The van der Waals surface area contributed by atoms with Crippen molar-refractivity contribution in [3.05, 3.63) is 63.7 Å². The molecule has 0 aliphatic carbocycles. The highest BCUT2D eigenvalue weighted by atomic mass is 127. The van der Waals surface area contributed by atoms with Gasteiger partial charge in [-0.3, -0.25) is 9.59 Å². The van der Waals surface area contributed by atoms with E-state index in [1.165, 1.54) is 13.0 Å². The number of hydrogen-bond donors (Lipinski definition) is 2. The first-order chi connectivity index (χ1) is 10.5. The van der Waals surface area contributed by atoms with E-state index >= 15 is 0 Å². The fourth-order valence-electron chi connectivity index (χ4n) is 1.79. The maximum absolute atomic E-state index is 11.9. The summed E-state index contributed by atoms with van der Waals surface area (Å²) in [6.07, 6.45) is 3.21. The molecule has 0 saturated carbocycles. The van der Waals surface area contributed by atoms with E-state index in [9.17, 15) is 9.59 Å². The van der Waals surface area contributed by atoms with E-state index in [-0.39, 0.29) is 11.8 Å². The van der Waals surface area contributed by atoms with Crippen LogP contribution in [0.15, 0.2) is 54.6 Å². The number of anilines is 2. The van der Waals surface area contributed by atoms with Crippen LogP contribution >= 0.6 is 22.6 Å². The molecule has 2 N–H and O–H groups in total. The molecule has 0 heterocycles. The lowest BCUT2D eigenvalue weighted by molar-refractivity contribution is -0.114. The summed E-state index contributed by atoms with van der Waals surface area (Å²) in [5, 5.41) is 5.52. The number of halogens is 1. The summed E-state index contributed by atoms with van der Waals surface area (Å²) in [5.74, 6) is -0.296. The summed E-state index contributed by atoms with van der Waals surface area (Å²) in [6, 6.07) is 14.8. The summed E-state index contributed by atoms with van der Waals surface area (Å²) in [4.78, 5) is 22.8. The molecule has 2 amide bonds. The van der Waals surface area contributed by atoms with Crippen molar-refractivity contribution in [1.29, 1.82) is 0 Å². The Morgan fingerprint density at radius 3 is 2.32 bits per heavy atom. The minimum atomic E-state index is -0.185. The second kappa shape index (κ2) is 7.74. The molecule has 0 aliphatic heterocycles. The molecule has 0 aliphatic rings. The molecule has 4 nitrogen and oxygen atoms in total. The number of para-hydroxylation sites is 1. The molecule has 5 heteroatoms. The molecule has 2 rings (SSSR count). The van der Waals surface area contributed by atoms with E-state index in [4.69, 9.17) is 0 Å². The van der Waals surface area contributed by atoms with Crippen LogP contribution in [0.2, 0.25) is 0 Å². The molecule has 0 aromatic heterocycles. The summed E-state index contributed by atoms with van der Waals surface area (Å²) < 4.78 is 0.988. The number of hydrogen-bond acceptors (Lipinski definition) is 2. The average Bonchev–Trinajstić information content (AvgIpc) is 2.48. The first kappa shape index (κ1) is 16.2. The smallest absolute Gasteiger partial charge is 0.248 e. The van der Waals surface area contributed by atoms with Gasteiger partial charge in [0, 0.05) is 22.3 Å². The minimum Gasteiger partial charge on any atom is -0.326 e. The van der Waals surface area contributed by atoms with Gasteiger partial charge in [-0.05, 0) is 58.5 Å². The largest absolute Gasteiger partial charge is 0.326 e. The zero-order valence-electron chi connectivity index (χ0n) is 12.0. The van der Waals surface area contributed by atoms with Gasteiger partial charge in [-0.1, -0.05) is 24.3 Å². The predicted octanol–water partition coefficient (Wildman–Crippen LogP) is 3.90. The first-order valence-electron chi connectivity index (χ1n) is 6.66. The van der Waals surface area contributed by atoms with Crippen LogP contribution in [-0.4, -0.2) is 11.8 Å². The van der Waals surface area contributed by atoms with Crippen molar-refractivity contribution >= 4 is 51.9 Å². The van der Waals surface area contributed by atoms with Crippen molar-refractivity contribution in [3.63, 3.8) is 0 Å². The Morgan fingerprint density at radius 1 is 1.00 bits per heavy atom. The Bertz CT molecular complexity index is 709. The summed E-state index contributed by atoms with van der Waals surface area (Å²) >= 11 is 2.17. The molecule has 0 atom stereocenters. The van der Waals surface area contributed by atoms with Crippen LogP contribution in [0.25, 0.3) is 6.08 Å². The second-order valence-corrected chi connectivity index (χ2v) is 5.77. The molecule has 0 saturated heterocycles. The molecule has 0 unspecified atom stereocenters. The second-order valence-electron chi connectivity index (χ2n) is 4.61.